The van der Waals surface area contributed by atoms with Crippen molar-refractivity contribution in [3.05, 3.63) is 78.1 Å². The SMILES string of the molecule is CCOS(=O)(=O)c1ccc(C)cc1OCCCc1cc(N2C3CCC2CN(c2cc(-c4ccccc4OCOC)nnc2N)C3)ccn1. The molecule has 2 unspecified atom stereocenters. The Labute approximate surface area is 281 Å². The molecule has 2 aliphatic rings. The average molecular weight is 675 g/mol. The van der Waals surface area contributed by atoms with Gasteiger partial charge in [0.1, 0.15) is 16.4 Å². The molecule has 2 aliphatic heterocycles. The molecular formula is C35H42N6O6S. The molecule has 2 atom stereocenters. The van der Waals surface area contributed by atoms with E-state index in [1.165, 1.54) is 6.07 Å². The van der Waals surface area contributed by atoms with Crippen LogP contribution >= 0.6 is 0 Å². The second kappa shape index (κ2) is 14.8. The lowest BCUT2D eigenvalue weighted by Gasteiger charge is -2.43. The van der Waals surface area contributed by atoms with Gasteiger partial charge in [-0.3, -0.25) is 9.17 Å². The molecule has 2 N–H and O–H groups in total. The number of nitrogens with zero attached hydrogens (tertiary/aromatic N) is 5. The largest absolute Gasteiger partial charge is 0.492 e. The molecule has 0 aliphatic carbocycles. The first-order valence-corrected chi connectivity index (χ1v) is 17.6. The van der Waals surface area contributed by atoms with Crippen LogP contribution in [0.1, 0.15) is 37.4 Å². The van der Waals surface area contributed by atoms with Crippen LogP contribution in [0.3, 0.4) is 0 Å². The minimum atomic E-state index is -3.88. The van der Waals surface area contributed by atoms with E-state index in [4.69, 9.17) is 24.1 Å². The summed E-state index contributed by atoms with van der Waals surface area (Å²) in [5.41, 5.74) is 11.8. The summed E-state index contributed by atoms with van der Waals surface area (Å²) >= 11 is 0. The van der Waals surface area contributed by atoms with Crippen LogP contribution < -0.4 is 25.0 Å². The Balaban J connectivity index is 1.11. The van der Waals surface area contributed by atoms with Crippen LogP contribution in [0.2, 0.25) is 0 Å². The normalized spacial score (nSPS) is 17.5. The van der Waals surface area contributed by atoms with Crippen molar-refractivity contribution >= 4 is 27.3 Å². The van der Waals surface area contributed by atoms with E-state index >= 15 is 0 Å². The molecule has 13 heteroatoms. The van der Waals surface area contributed by atoms with Gasteiger partial charge >= 0.3 is 10.1 Å². The molecule has 48 heavy (non-hydrogen) atoms. The lowest BCUT2D eigenvalue weighted by molar-refractivity contribution is 0.0515. The molecule has 6 rings (SSSR count). The number of pyridine rings is 1. The first-order valence-electron chi connectivity index (χ1n) is 16.2. The Hall–Kier alpha value is -4.46. The number of piperazine rings is 1. The summed E-state index contributed by atoms with van der Waals surface area (Å²) in [6.07, 6.45) is 5.39. The number of aryl methyl sites for hydroxylation is 2. The average Bonchev–Trinajstić information content (AvgIpc) is 3.35. The van der Waals surface area contributed by atoms with Gasteiger partial charge in [0.25, 0.3) is 0 Å². The van der Waals surface area contributed by atoms with Gasteiger partial charge in [0, 0.05) is 55.4 Å². The number of nitrogens with two attached hydrogens (primary N) is 1. The van der Waals surface area contributed by atoms with Crippen molar-refractivity contribution in [1.82, 2.24) is 15.2 Å². The number of nitrogen functional groups attached to an aromatic ring is 1. The molecule has 2 saturated heterocycles. The number of ether oxygens (including phenoxy) is 3. The highest BCUT2D eigenvalue weighted by Gasteiger charge is 2.41. The second-order valence-electron chi connectivity index (χ2n) is 12.0. The molecule has 0 saturated carbocycles. The fourth-order valence-electron chi connectivity index (χ4n) is 6.58. The predicted octanol–water partition coefficient (Wildman–Crippen LogP) is 5.01. The first-order chi connectivity index (χ1) is 23.3. The number of benzene rings is 2. The smallest absolute Gasteiger partial charge is 0.300 e. The van der Waals surface area contributed by atoms with Crippen LogP contribution in [0.5, 0.6) is 11.5 Å². The minimum Gasteiger partial charge on any atom is -0.492 e. The van der Waals surface area contributed by atoms with Gasteiger partial charge in [-0.15, -0.1) is 10.2 Å². The van der Waals surface area contributed by atoms with Gasteiger partial charge in [-0.1, -0.05) is 18.2 Å². The number of hydrogen-bond acceptors (Lipinski definition) is 12. The van der Waals surface area contributed by atoms with Crippen molar-refractivity contribution in [2.45, 2.75) is 56.5 Å². The Morgan fingerprint density at radius 1 is 0.958 bits per heavy atom. The maximum atomic E-state index is 12.6. The summed E-state index contributed by atoms with van der Waals surface area (Å²) in [6.45, 7) is 5.70. The van der Waals surface area contributed by atoms with E-state index in [9.17, 15) is 8.42 Å². The van der Waals surface area contributed by atoms with Gasteiger partial charge in [0.05, 0.1) is 24.6 Å². The molecule has 2 fully saturated rings. The molecule has 0 radical (unpaired) electrons. The lowest BCUT2D eigenvalue weighted by Crippen LogP contribution is -2.54. The van der Waals surface area contributed by atoms with E-state index in [0.29, 0.717) is 54.5 Å². The van der Waals surface area contributed by atoms with Crippen LogP contribution in [0, 0.1) is 6.92 Å². The molecule has 0 spiro atoms. The Kier molecular flexibility index (Phi) is 10.3. The van der Waals surface area contributed by atoms with Gasteiger partial charge in [0.2, 0.25) is 0 Å². The molecule has 0 amide bonds. The number of para-hydroxylation sites is 1. The fourth-order valence-corrected chi connectivity index (χ4v) is 7.61. The topological polar surface area (TPSA) is 142 Å². The van der Waals surface area contributed by atoms with Gasteiger partial charge < -0.3 is 29.7 Å². The summed E-state index contributed by atoms with van der Waals surface area (Å²) in [6, 6.07) is 19.6. The van der Waals surface area contributed by atoms with Gasteiger partial charge in [-0.2, -0.15) is 8.42 Å². The number of hydrogen-bond donors (Lipinski definition) is 1. The summed E-state index contributed by atoms with van der Waals surface area (Å²) in [7, 11) is -2.29. The molecule has 2 aromatic carbocycles. The predicted molar refractivity (Wildman–Crippen MR) is 184 cm³/mol. The summed E-state index contributed by atoms with van der Waals surface area (Å²) in [4.78, 5) is 9.52. The molecule has 12 nitrogen and oxygen atoms in total. The summed E-state index contributed by atoms with van der Waals surface area (Å²) < 4.78 is 46.9. The summed E-state index contributed by atoms with van der Waals surface area (Å²) in [5.74, 6) is 1.38. The number of fused-ring (bicyclic) bond motifs is 2. The van der Waals surface area contributed by atoms with Crippen LogP contribution in [0.4, 0.5) is 17.2 Å². The van der Waals surface area contributed by atoms with Crippen molar-refractivity contribution in [3.8, 4) is 22.8 Å². The van der Waals surface area contributed by atoms with Crippen molar-refractivity contribution in [1.29, 1.82) is 0 Å². The van der Waals surface area contributed by atoms with Crippen molar-refractivity contribution in [2.24, 2.45) is 0 Å². The summed E-state index contributed by atoms with van der Waals surface area (Å²) in [5, 5.41) is 8.72. The van der Waals surface area contributed by atoms with Gasteiger partial charge in [-0.05, 0) is 87.6 Å². The van der Waals surface area contributed by atoms with Gasteiger partial charge in [-0.25, -0.2) is 0 Å². The van der Waals surface area contributed by atoms with Gasteiger partial charge in [0.15, 0.2) is 12.6 Å². The zero-order valence-electron chi connectivity index (χ0n) is 27.5. The zero-order valence-corrected chi connectivity index (χ0v) is 28.4. The molecule has 4 heterocycles. The third-order valence-corrected chi connectivity index (χ3v) is 10.1. The maximum Gasteiger partial charge on any atom is 0.300 e. The Morgan fingerprint density at radius 2 is 1.75 bits per heavy atom. The Morgan fingerprint density at radius 3 is 2.52 bits per heavy atom. The van der Waals surface area contributed by atoms with E-state index in [2.05, 4.69) is 37.1 Å². The van der Waals surface area contributed by atoms with Crippen LogP contribution in [0.25, 0.3) is 11.3 Å². The number of aromatic nitrogens is 3. The molecule has 2 aromatic heterocycles. The van der Waals surface area contributed by atoms with Crippen molar-refractivity contribution in [3.63, 3.8) is 0 Å². The third-order valence-electron chi connectivity index (χ3n) is 8.69. The Bertz CT molecular complexity index is 1830. The highest BCUT2D eigenvalue weighted by molar-refractivity contribution is 7.86. The monoisotopic (exact) mass is 674 g/mol. The van der Waals surface area contributed by atoms with Crippen LogP contribution in [-0.4, -0.2) is 75.9 Å². The van der Waals surface area contributed by atoms with E-state index in [-0.39, 0.29) is 18.3 Å². The van der Waals surface area contributed by atoms with E-state index in [0.717, 1.165) is 54.1 Å². The van der Waals surface area contributed by atoms with E-state index in [1.54, 1.807) is 26.2 Å². The quantitative estimate of drug-likeness (QED) is 0.109. The molecule has 254 valence electrons. The zero-order chi connectivity index (χ0) is 33.7. The third kappa shape index (κ3) is 7.33. The second-order valence-corrected chi connectivity index (χ2v) is 13.6. The number of methoxy groups -OCH3 is 1. The van der Waals surface area contributed by atoms with Crippen molar-refractivity contribution < 1.29 is 26.8 Å². The minimum absolute atomic E-state index is 0.0473. The maximum absolute atomic E-state index is 12.6. The van der Waals surface area contributed by atoms with E-state index < -0.39 is 10.1 Å². The van der Waals surface area contributed by atoms with E-state index in [1.807, 2.05) is 43.5 Å². The highest BCUT2D eigenvalue weighted by Crippen LogP contribution is 2.39. The molecule has 2 bridgehead atoms. The number of anilines is 3. The standard InChI is InChI=1S/C35H42N6O6S/c1-4-47-48(42,43)34-14-11-24(2)18-33(34)45-17-7-8-25-19-26(15-16-37-25)41-27-12-13-28(41)22-40(21-27)31-20-30(38-39-35(31)36)29-9-5-6-10-32(29)46-23-44-3/h5-6,9-11,14-16,18-20,27-28H,4,7-8,12-13,17,21-23H2,1-3H3,(H2,36,39). The number of rotatable bonds is 14. The highest BCUT2D eigenvalue weighted by atomic mass is 32.2. The fraction of sp³-hybridized carbons (Fsp3) is 0.400. The van der Waals surface area contributed by atoms with Crippen LogP contribution in [0.15, 0.2) is 71.8 Å². The first kappa shape index (κ1) is 33.4. The van der Waals surface area contributed by atoms with Crippen LogP contribution in [-0.2, 0) is 25.5 Å². The molecular weight excluding hydrogens is 632 g/mol. The lowest BCUT2D eigenvalue weighted by atomic mass is 10.1. The van der Waals surface area contributed by atoms with Crippen molar-refractivity contribution in [2.75, 3.05) is 55.7 Å². The molecule has 4 aromatic rings.